The van der Waals surface area contributed by atoms with E-state index >= 15 is 0 Å². The summed E-state index contributed by atoms with van der Waals surface area (Å²) in [5.41, 5.74) is 2.49. The van der Waals surface area contributed by atoms with Crippen molar-refractivity contribution in [2.24, 2.45) is 5.92 Å². The van der Waals surface area contributed by atoms with Crippen LogP contribution in [0.3, 0.4) is 0 Å². The number of aliphatic hydroxyl groups excluding tert-OH is 1. The lowest BCUT2D eigenvalue weighted by Gasteiger charge is -2.43. The second-order valence-electron chi connectivity index (χ2n) is 6.84. The van der Waals surface area contributed by atoms with Crippen molar-refractivity contribution in [3.05, 3.63) is 35.4 Å². The number of aliphatic hydroxyl groups is 1. The molecule has 1 saturated carbocycles. The highest BCUT2D eigenvalue weighted by molar-refractivity contribution is 5.32. The Balaban J connectivity index is 1.74. The molecule has 2 aliphatic carbocycles. The van der Waals surface area contributed by atoms with Crippen LogP contribution in [0.4, 0.5) is 0 Å². The van der Waals surface area contributed by atoms with Crippen LogP contribution in [0, 0.1) is 5.92 Å². The first-order valence-electron chi connectivity index (χ1n) is 8.14. The van der Waals surface area contributed by atoms with Gasteiger partial charge in [-0.15, -0.1) is 0 Å². The van der Waals surface area contributed by atoms with Crippen molar-refractivity contribution >= 4 is 0 Å². The second-order valence-corrected chi connectivity index (χ2v) is 6.84. The van der Waals surface area contributed by atoms with E-state index in [9.17, 15) is 5.11 Å². The van der Waals surface area contributed by atoms with Crippen LogP contribution in [0.25, 0.3) is 0 Å². The highest BCUT2D eigenvalue weighted by atomic mass is 16.3. The van der Waals surface area contributed by atoms with Crippen LogP contribution in [0.2, 0.25) is 0 Å². The molecule has 110 valence electrons. The van der Waals surface area contributed by atoms with Crippen molar-refractivity contribution in [2.75, 3.05) is 7.05 Å². The first-order chi connectivity index (χ1) is 9.66. The van der Waals surface area contributed by atoms with Crippen molar-refractivity contribution in [3.63, 3.8) is 0 Å². The lowest BCUT2D eigenvalue weighted by molar-refractivity contribution is 0.0136. The number of fused-ring (bicyclic) bond motifs is 1. The van der Waals surface area contributed by atoms with E-state index in [1.165, 1.54) is 31.2 Å². The first kappa shape index (κ1) is 14.1. The predicted octanol–water partition coefficient (Wildman–Crippen LogP) is 3.55. The molecule has 2 aliphatic rings. The van der Waals surface area contributed by atoms with E-state index in [1.807, 2.05) is 6.07 Å². The molecule has 0 aromatic heterocycles. The third-order valence-corrected chi connectivity index (χ3v) is 5.46. The zero-order valence-corrected chi connectivity index (χ0v) is 12.8. The fourth-order valence-corrected chi connectivity index (χ4v) is 4.19. The summed E-state index contributed by atoms with van der Waals surface area (Å²) in [4.78, 5) is 2.48. The summed E-state index contributed by atoms with van der Waals surface area (Å²) < 4.78 is 0. The van der Waals surface area contributed by atoms with Crippen molar-refractivity contribution in [1.29, 1.82) is 0 Å². The molecule has 0 aliphatic heterocycles. The molecule has 1 aromatic carbocycles. The van der Waals surface area contributed by atoms with Crippen molar-refractivity contribution in [2.45, 2.75) is 63.6 Å². The van der Waals surface area contributed by atoms with Gasteiger partial charge >= 0.3 is 0 Å². The van der Waals surface area contributed by atoms with Gasteiger partial charge in [-0.25, -0.2) is 0 Å². The number of nitrogens with zero attached hydrogens (tertiary/aromatic N) is 1. The fourth-order valence-electron chi connectivity index (χ4n) is 4.19. The summed E-state index contributed by atoms with van der Waals surface area (Å²) >= 11 is 0. The van der Waals surface area contributed by atoms with Gasteiger partial charge in [0.1, 0.15) is 0 Å². The van der Waals surface area contributed by atoms with E-state index in [1.54, 1.807) is 0 Å². The summed E-state index contributed by atoms with van der Waals surface area (Å²) in [6, 6.07) is 9.34. The van der Waals surface area contributed by atoms with Crippen LogP contribution in [0.15, 0.2) is 24.3 Å². The number of rotatable bonds is 2. The number of likely N-dealkylation sites (N-methyl/N-ethyl adjacent to an activating group) is 1. The molecule has 2 heteroatoms. The molecule has 3 rings (SSSR count). The van der Waals surface area contributed by atoms with E-state index in [2.05, 4.69) is 37.1 Å². The summed E-state index contributed by atoms with van der Waals surface area (Å²) in [6.45, 7) is 2.37. The maximum Gasteiger partial charge on any atom is 0.0947 e. The van der Waals surface area contributed by atoms with Gasteiger partial charge in [-0.3, -0.25) is 4.90 Å². The molecule has 0 saturated heterocycles. The van der Waals surface area contributed by atoms with Crippen LogP contribution in [0.1, 0.15) is 56.3 Å². The van der Waals surface area contributed by atoms with Gasteiger partial charge in [0.15, 0.2) is 0 Å². The molecular weight excluding hydrogens is 246 g/mol. The van der Waals surface area contributed by atoms with E-state index < -0.39 is 0 Å². The van der Waals surface area contributed by atoms with Crippen LogP contribution < -0.4 is 0 Å². The maximum absolute atomic E-state index is 10.7. The van der Waals surface area contributed by atoms with E-state index in [0.29, 0.717) is 12.1 Å². The Morgan fingerprint density at radius 2 is 1.95 bits per heavy atom. The molecule has 4 unspecified atom stereocenters. The predicted molar refractivity (Wildman–Crippen MR) is 82.7 cm³/mol. The third-order valence-electron chi connectivity index (χ3n) is 5.46. The molecule has 0 spiro atoms. The van der Waals surface area contributed by atoms with Crippen molar-refractivity contribution in [1.82, 2.24) is 4.90 Å². The van der Waals surface area contributed by atoms with Crippen molar-refractivity contribution < 1.29 is 5.11 Å². The van der Waals surface area contributed by atoms with Gasteiger partial charge < -0.3 is 5.11 Å². The Morgan fingerprint density at radius 1 is 1.15 bits per heavy atom. The van der Waals surface area contributed by atoms with Gasteiger partial charge in [-0.2, -0.15) is 0 Å². The van der Waals surface area contributed by atoms with Gasteiger partial charge in [0.05, 0.1) is 6.10 Å². The minimum absolute atomic E-state index is 0.292. The molecular formula is C18H27NO. The molecule has 1 fully saturated rings. The number of benzene rings is 1. The van der Waals surface area contributed by atoms with Gasteiger partial charge in [0.25, 0.3) is 0 Å². The minimum Gasteiger partial charge on any atom is -0.387 e. The summed E-state index contributed by atoms with van der Waals surface area (Å²) in [5.74, 6) is 0.837. The van der Waals surface area contributed by atoms with E-state index in [4.69, 9.17) is 0 Å². The number of hydrogen-bond acceptors (Lipinski definition) is 2. The molecule has 2 nitrogen and oxygen atoms in total. The number of hydrogen-bond donors (Lipinski definition) is 1. The quantitative estimate of drug-likeness (QED) is 0.891. The summed E-state index contributed by atoms with van der Waals surface area (Å²) in [7, 11) is 2.23. The Morgan fingerprint density at radius 3 is 2.75 bits per heavy atom. The lowest BCUT2D eigenvalue weighted by atomic mass is 9.81. The largest absolute Gasteiger partial charge is 0.387 e. The molecule has 0 heterocycles. The Hall–Kier alpha value is -0.860. The summed E-state index contributed by atoms with van der Waals surface area (Å²) in [6.07, 6.45) is 7.18. The SMILES string of the molecule is CC1CCCC(N(C)C2CCc3ccccc3C2O)C1. The first-order valence-corrected chi connectivity index (χ1v) is 8.14. The molecule has 0 bridgehead atoms. The minimum atomic E-state index is -0.317. The second kappa shape index (κ2) is 5.87. The van der Waals surface area contributed by atoms with Crippen LogP contribution >= 0.6 is 0 Å². The van der Waals surface area contributed by atoms with Crippen LogP contribution in [0.5, 0.6) is 0 Å². The lowest BCUT2D eigenvalue weighted by Crippen LogP contribution is -2.47. The van der Waals surface area contributed by atoms with Crippen LogP contribution in [-0.2, 0) is 6.42 Å². The molecule has 0 radical (unpaired) electrons. The Labute approximate surface area is 122 Å². The fraction of sp³-hybridized carbons (Fsp3) is 0.667. The average molecular weight is 273 g/mol. The zero-order chi connectivity index (χ0) is 14.1. The van der Waals surface area contributed by atoms with Crippen molar-refractivity contribution in [3.8, 4) is 0 Å². The standard InChI is InChI=1S/C18H27NO/c1-13-6-5-8-15(12-13)19(2)17-11-10-14-7-3-4-9-16(14)18(17)20/h3-4,7,9,13,15,17-18,20H,5-6,8,10-12H2,1-2H3. The third kappa shape index (κ3) is 2.64. The molecule has 4 atom stereocenters. The highest BCUT2D eigenvalue weighted by Crippen LogP contribution is 2.36. The van der Waals surface area contributed by atoms with Gasteiger partial charge in [-0.1, -0.05) is 44.0 Å². The smallest absolute Gasteiger partial charge is 0.0947 e. The highest BCUT2D eigenvalue weighted by Gasteiger charge is 2.34. The Kier molecular flexibility index (Phi) is 4.13. The number of aryl methyl sites for hydroxylation is 1. The van der Waals surface area contributed by atoms with Gasteiger partial charge in [0.2, 0.25) is 0 Å². The Bertz CT molecular complexity index is 458. The molecule has 1 aromatic rings. The monoisotopic (exact) mass is 273 g/mol. The zero-order valence-electron chi connectivity index (χ0n) is 12.8. The van der Waals surface area contributed by atoms with E-state index in [0.717, 1.165) is 24.3 Å². The van der Waals surface area contributed by atoms with Crippen LogP contribution in [-0.4, -0.2) is 29.1 Å². The molecule has 0 amide bonds. The molecule has 1 N–H and O–H groups in total. The van der Waals surface area contributed by atoms with Gasteiger partial charge in [0, 0.05) is 12.1 Å². The average Bonchev–Trinajstić information content (AvgIpc) is 2.47. The topological polar surface area (TPSA) is 23.5 Å². The maximum atomic E-state index is 10.7. The normalized spacial score (nSPS) is 34.0. The van der Waals surface area contributed by atoms with E-state index in [-0.39, 0.29) is 6.10 Å². The van der Waals surface area contributed by atoms with Gasteiger partial charge in [-0.05, 0) is 49.8 Å². The molecule has 20 heavy (non-hydrogen) atoms. The summed E-state index contributed by atoms with van der Waals surface area (Å²) in [5, 5.41) is 10.7.